The zero-order chi connectivity index (χ0) is 21.3. The molecule has 172 valence electrons. The lowest BCUT2D eigenvalue weighted by atomic mass is 10.0. The number of aliphatic imine (C=N–C) groups is 2. The Balaban J connectivity index is 1.51. The summed E-state index contributed by atoms with van der Waals surface area (Å²) in [5, 5.41) is 9.57. The second kappa shape index (κ2) is 15.6. The summed E-state index contributed by atoms with van der Waals surface area (Å²) in [4.78, 5) is 9.21. The number of allylic oxidation sites excluding steroid dienone is 1. The number of ether oxygens (including phenoxy) is 1. The highest BCUT2D eigenvalue weighted by Gasteiger charge is 2.45. The number of nitrogens with zero attached hydrogens (tertiary/aromatic N) is 3. The van der Waals surface area contributed by atoms with Crippen LogP contribution in [0.15, 0.2) is 22.1 Å². The number of hydrogen-bond donors (Lipinski definition) is 1. The van der Waals surface area contributed by atoms with E-state index in [1.165, 1.54) is 83.5 Å². The molecule has 0 saturated heterocycles. The van der Waals surface area contributed by atoms with Gasteiger partial charge in [0, 0.05) is 6.08 Å². The molecule has 2 heterocycles. The van der Waals surface area contributed by atoms with Gasteiger partial charge in [0.25, 0.3) is 0 Å². The number of aliphatic hydroxyl groups excluding tert-OH is 1. The second-order valence-electron chi connectivity index (χ2n) is 8.83. The molecule has 5 heteroatoms. The summed E-state index contributed by atoms with van der Waals surface area (Å²) in [6.45, 7) is 5.99. The SMILES string of the molecule is CCCCCCCCCCCCCCCC=CC1=NCC[N+]1(CCO)C1=NCCO1. The predicted molar refractivity (Wildman–Crippen MR) is 127 cm³/mol. The molecule has 0 aromatic heterocycles. The Labute approximate surface area is 184 Å². The molecule has 0 aromatic carbocycles. The van der Waals surface area contributed by atoms with Crippen LogP contribution >= 0.6 is 0 Å². The van der Waals surface area contributed by atoms with Crippen molar-refractivity contribution in [3.8, 4) is 0 Å². The molecule has 0 aromatic rings. The van der Waals surface area contributed by atoms with Crippen molar-refractivity contribution in [3.63, 3.8) is 0 Å². The molecule has 1 unspecified atom stereocenters. The van der Waals surface area contributed by atoms with Gasteiger partial charge in [0.2, 0.25) is 5.84 Å². The van der Waals surface area contributed by atoms with Crippen LogP contribution in [0.2, 0.25) is 0 Å². The summed E-state index contributed by atoms with van der Waals surface area (Å²) in [6, 6.07) is 0.742. The Morgan fingerprint density at radius 1 is 0.867 bits per heavy atom. The zero-order valence-corrected chi connectivity index (χ0v) is 19.5. The first kappa shape index (κ1) is 25.1. The van der Waals surface area contributed by atoms with Gasteiger partial charge in [-0.15, -0.1) is 0 Å². The third-order valence-corrected chi connectivity index (χ3v) is 6.35. The Morgan fingerprint density at radius 3 is 2.07 bits per heavy atom. The number of aliphatic hydroxyl groups is 1. The van der Waals surface area contributed by atoms with Crippen LogP contribution in [0.4, 0.5) is 0 Å². The molecule has 0 amide bonds. The molecule has 1 atom stereocenters. The van der Waals surface area contributed by atoms with Crippen LogP contribution in [-0.4, -0.2) is 60.8 Å². The number of rotatable bonds is 17. The fourth-order valence-corrected chi connectivity index (χ4v) is 4.52. The van der Waals surface area contributed by atoms with Gasteiger partial charge in [0.1, 0.15) is 19.7 Å². The molecule has 2 rings (SSSR count). The third-order valence-electron chi connectivity index (χ3n) is 6.35. The zero-order valence-electron chi connectivity index (χ0n) is 19.5. The van der Waals surface area contributed by atoms with Gasteiger partial charge in [-0.1, -0.05) is 90.0 Å². The van der Waals surface area contributed by atoms with Crippen LogP contribution in [0, 0.1) is 0 Å². The lowest BCUT2D eigenvalue weighted by molar-refractivity contribution is -0.750. The normalized spacial score (nSPS) is 21.3. The molecule has 2 aliphatic rings. The molecular weight excluding hydrogens is 374 g/mol. The summed E-state index contributed by atoms with van der Waals surface area (Å²) in [5.41, 5.74) is 0. The fourth-order valence-electron chi connectivity index (χ4n) is 4.52. The van der Waals surface area contributed by atoms with E-state index < -0.39 is 0 Å². The molecule has 2 aliphatic heterocycles. The highest BCUT2D eigenvalue weighted by atomic mass is 16.5. The first-order valence-electron chi connectivity index (χ1n) is 12.7. The summed E-state index contributed by atoms with van der Waals surface area (Å²) in [7, 11) is 0. The molecule has 1 N–H and O–H groups in total. The minimum atomic E-state index is 0.119. The van der Waals surface area contributed by atoms with Crippen molar-refractivity contribution in [2.45, 2.75) is 96.8 Å². The Bertz CT molecular complexity index is 545. The third kappa shape index (κ3) is 8.50. The van der Waals surface area contributed by atoms with Crippen molar-refractivity contribution in [2.24, 2.45) is 9.98 Å². The van der Waals surface area contributed by atoms with Gasteiger partial charge in [0.15, 0.2) is 0 Å². The molecule has 30 heavy (non-hydrogen) atoms. The molecule has 0 saturated carbocycles. The van der Waals surface area contributed by atoms with Crippen molar-refractivity contribution in [3.05, 3.63) is 12.2 Å². The first-order valence-corrected chi connectivity index (χ1v) is 12.7. The van der Waals surface area contributed by atoms with Crippen LogP contribution in [0.3, 0.4) is 0 Å². The van der Waals surface area contributed by atoms with Gasteiger partial charge in [-0.3, -0.25) is 0 Å². The maximum absolute atomic E-state index is 9.57. The molecular formula is C25H46N3O2+. The van der Waals surface area contributed by atoms with E-state index in [2.05, 4.69) is 29.1 Å². The molecule has 0 spiro atoms. The molecule has 0 aliphatic carbocycles. The topological polar surface area (TPSA) is 54.2 Å². The van der Waals surface area contributed by atoms with Crippen LogP contribution in [-0.2, 0) is 4.74 Å². The number of quaternary nitrogens is 1. The van der Waals surface area contributed by atoms with Crippen molar-refractivity contribution in [2.75, 3.05) is 39.4 Å². The molecule has 0 fully saturated rings. The first-order chi connectivity index (χ1) is 14.8. The van der Waals surface area contributed by atoms with Crippen LogP contribution in [0.5, 0.6) is 0 Å². The lowest BCUT2D eigenvalue weighted by Crippen LogP contribution is -2.56. The van der Waals surface area contributed by atoms with Crippen molar-refractivity contribution < 1.29 is 14.3 Å². The van der Waals surface area contributed by atoms with E-state index in [4.69, 9.17) is 4.74 Å². The number of unbranched alkanes of at least 4 members (excludes halogenated alkanes) is 13. The van der Waals surface area contributed by atoms with Gasteiger partial charge < -0.3 is 9.84 Å². The molecule has 0 bridgehead atoms. The molecule has 0 radical (unpaired) electrons. The smallest absolute Gasteiger partial charge is 0.400 e. The summed E-state index contributed by atoms with van der Waals surface area (Å²) < 4.78 is 6.24. The quantitative estimate of drug-likeness (QED) is 0.245. The summed E-state index contributed by atoms with van der Waals surface area (Å²) in [6.07, 6.45) is 23.6. The number of amidine groups is 2. The average molecular weight is 421 g/mol. The second-order valence-corrected chi connectivity index (χ2v) is 8.83. The minimum Gasteiger partial charge on any atom is -0.435 e. The minimum absolute atomic E-state index is 0.119. The lowest BCUT2D eigenvalue weighted by Gasteiger charge is -2.30. The summed E-state index contributed by atoms with van der Waals surface area (Å²) >= 11 is 0. The van der Waals surface area contributed by atoms with E-state index in [1.807, 2.05) is 0 Å². The Morgan fingerprint density at radius 2 is 1.50 bits per heavy atom. The van der Waals surface area contributed by atoms with Gasteiger partial charge in [-0.25, -0.2) is 4.99 Å². The van der Waals surface area contributed by atoms with E-state index in [0.29, 0.717) is 17.6 Å². The van der Waals surface area contributed by atoms with Crippen LogP contribution in [0.25, 0.3) is 0 Å². The van der Waals surface area contributed by atoms with E-state index in [1.54, 1.807) is 0 Å². The average Bonchev–Trinajstić information content (AvgIpc) is 3.42. The fraction of sp³-hybridized carbons (Fsp3) is 0.840. The highest BCUT2D eigenvalue weighted by Crippen LogP contribution is 2.21. The van der Waals surface area contributed by atoms with E-state index in [-0.39, 0.29) is 6.61 Å². The van der Waals surface area contributed by atoms with Crippen molar-refractivity contribution in [1.29, 1.82) is 0 Å². The Hall–Kier alpha value is -1.20. The highest BCUT2D eigenvalue weighted by molar-refractivity contribution is 5.95. The van der Waals surface area contributed by atoms with E-state index in [0.717, 1.165) is 37.9 Å². The van der Waals surface area contributed by atoms with Gasteiger partial charge in [-0.2, -0.15) is 9.48 Å². The maximum Gasteiger partial charge on any atom is 0.400 e. The van der Waals surface area contributed by atoms with Gasteiger partial charge in [0.05, 0.1) is 19.7 Å². The van der Waals surface area contributed by atoms with Crippen molar-refractivity contribution >= 4 is 11.9 Å². The largest absolute Gasteiger partial charge is 0.435 e. The standard InChI is InChI=1S/C25H46N3O2/c1-2-3-4-5-6-7-8-9-10-11-12-13-14-15-16-17-24-26-18-20-28(24,21-22-29)25-27-19-23-30-25/h16-17,29H,2-15,18-23H2,1H3/q+1. The van der Waals surface area contributed by atoms with Crippen LogP contribution in [0.1, 0.15) is 96.8 Å². The van der Waals surface area contributed by atoms with Gasteiger partial charge in [-0.05, 0) is 12.8 Å². The Kier molecular flexibility index (Phi) is 13.0. The van der Waals surface area contributed by atoms with Crippen molar-refractivity contribution in [1.82, 2.24) is 0 Å². The number of hydrogen-bond acceptors (Lipinski definition) is 4. The van der Waals surface area contributed by atoms with E-state index in [9.17, 15) is 5.11 Å². The van der Waals surface area contributed by atoms with E-state index >= 15 is 0 Å². The maximum atomic E-state index is 9.57. The summed E-state index contributed by atoms with van der Waals surface area (Å²) in [5.74, 6) is 0.999. The van der Waals surface area contributed by atoms with Gasteiger partial charge >= 0.3 is 6.02 Å². The van der Waals surface area contributed by atoms with Crippen LogP contribution < -0.4 is 0 Å². The predicted octanol–water partition coefficient (Wildman–Crippen LogP) is 5.63. The monoisotopic (exact) mass is 420 g/mol. The molecule has 5 nitrogen and oxygen atoms in total.